The van der Waals surface area contributed by atoms with Crippen LogP contribution in [0, 0.1) is 11.8 Å². The molecule has 0 radical (unpaired) electrons. The second-order valence-electron chi connectivity index (χ2n) is 5.12. The van der Waals surface area contributed by atoms with Gasteiger partial charge in [-0.05, 0) is 31.1 Å². The molecule has 0 aromatic carbocycles. The molecule has 96 valence electrons. The molecule has 2 aliphatic carbocycles. The van der Waals surface area contributed by atoms with Gasteiger partial charge in [0.05, 0.1) is 6.20 Å². The molecule has 2 saturated carbocycles. The minimum atomic E-state index is -3.45. The Morgan fingerprint density at radius 1 is 1.44 bits per heavy atom. The smallest absolute Gasteiger partial charge is 0.258 e. The maximum absolute atomic E-state index is 12.4. The first-order chi connectivity index (χ1) is 8.65. The quantitative estimate of drug-likeness (QED) is 0.928. The molecule has 2 aliphatic rings. The van der Waals surface area contributed by atoms with Crippen LogP contribution in [0.15, 0.2) is 22.8 Å². The number of hydrogen-bond acceptors (Lipinski definition) is 4. The number of hydrogen-bond donors (Lipinski definition) is 1. The van der Waals surface area contributed by atoms with E-state index in [1.54, 1.807) is 10.6 Å². The number of sulfonamides is 1. The molecule has 2 aromatic heterocycles. The second kappa shape index (κ2) is 3.55. The Bertz CT molecular complexity index is 703. The van der Waals surface area contributed by atoms with Gasteiger partial charge < -0.3 is 0 Å². The van der Waals surface area contributed by atoms with Crippen molar-refractivity contribution in [1.29, 1.82) is 0 Å². The molecule has 5 nitrogen and oxygen atoms in total. The summed E-state index contributed by atoms with van der Waals surface area (Å²) in [5, 5.41) is 2.09. The molecule has 7 heteroatoms. The fourth-order valence-corrected chi connectivity index (χ4v) is 5.17. The van der Waals surface area contributed by atoms with Crippen molar-refractivity contribution in [1.82, 2.24) is 14.1 Å². The van der Waals surface area contributed by atoms with Gasteiger partial charge in [-0.25, -0.2) is 18.1 Å². The van der Waals surface area contributed by atoms with Crippen molar-refractivity contribution in [2.45, 2.75) is 30.3 Å². The molecule has 3 atom stereocenters. The zero-order valence-electron chi connectivity index (χ0n) is 9.61. The number of fused-ring (bicyclic) bond motifs is 2. The van der Waals surface area contributed by atoms with Gasteiger partial charge in [0.2, 0.25) is 0 Å². The van der Waals surface area contributed by atoms with Crippen molar-refractivity contribution in [2.75, 3.05) is 0 Å². The van der Waals surface area contributed by atoms with Gasteiger partial charge in [0.1, 0.15) is 0 Å². The van der Waals surface area contributed by atoms with Crippen molar-refractivity contribution in [3.63, 3.8) is 0 Å². The highest BCUT2D eigenvalue weighted by molar-refractivity contribution is 7.89. The molecule has 3 unspecified atom stereocenters. The van der Waals surface area contributed by atoms with Crippen LogP contribution in [0.1, 0.15) is 19.3 Å². The van der Waals surface area contributed by atoms with Crippen LogP contribution in [0.25, 0.3) is 4.96 Å². The van der Waals surface area contributed by atoms with E-state index in [1.807, 2.05) is 5.38 Å². The molecule has 2 fully saturated rings. The van der Waals surface area contributed by atoms with Crippen LogP contribution >= 0.6 is 11.3 Å². The molecule has 4 rings (SSSR count). The minimum absolute atomic E-state index is 0.129. The Kier molecular flexibility index (Phi) is 2.16. The van der Waals surface area contributed by atoms with Crippen LogP contribution in [0.2, 0.25) is 0 Å². The van der Waals surface area contributed by atoms with Crippen LogP contribution < -0.4 is 4.72 Å². The Labute approximate surface area is 109 Å². The lowest BCUT2D eigenvalue weighted by Crippen LogP contribution is -2.35. The zero-order chi connectivity index (χ0) is 12.3. The van der Waals surface area contributed by atoms with E-state index in [0.717, 1.165) is 18.8 Å². The van der Waals surface area contributed by atoms with E-state index in [0.29, 0.717) is 10.9 Å². The molecule has 0 aliphatic heterocycles. The van der Waals surface area contributed by atoms with Crippen molar-refractivity contribution in [2.24, 2.45) is 11.8 Å². The van der Waals surface area contributed by atoms with Crippen LogP contribution in [0.5, 0.6) is 0 Å². The van der Waals surface area contributed by atoms with E-state index in [4.69, 9.17) is 0 Å². The van der Waals surface area contributed by atoms with Crippen LogP contribution in [0.4, 0.5) is 0 Å². The number of rotatable bonds is 3. The van der Waals surface area contributed by atoms with Gasteiger partial charge in [-0.15, -0.1) is 11.3 Å². The first-order valence-corrected chi connectivity index (χ1v) is 8.44. The predicted molar refractivity (Wildman–Crippen MR) is 68.0 cm³/mol. The summed E-state index contributed by atoms with van der Waals surface area (Å²) in [7, 11) is -3.45. The number of nitrogens with one attached hydrogen (secondary N) is 1. The third-order valence-corrected chi connectivity index (χ3v) is 6.27. The summed E-state index contributed by atoms with van der Waals surface area (Å²) in [4.78, 5) is 4.83. The lowest BCUT2D eigenvalue weighted by atomic mass is 10.2. The molecule has 2 heterocycles. The molecule has 0 bridgehead atoms. The second-order valence-corrected chi connectivity index (χ2v) is 7.65. The lowest BCUT2D eigenvalue weighted by molar-refractivity contribution is 0.520. The standard InChI is InChI=1S/C11H13N3O2S2/c15-18(16,13-9-2-1-7-5-8(7)9)10-6-12-11-14(10)3-4-17-11/h3-4,6-9,13H,1-2,5H2. The van der Waals surface area contributed by atoms with E-state index >= 15 is 0 Å². The summed E-state index contributed by atoms with van der Waals surface area (Å²) >= 11 is 1.44. The van der Waals surface area contributed by atoms with Gasteiger partial charge in [0, 0.05) is 17.6 Å². The topological polar surface area (TPSA) is 63.5 Å². The Morgan fingerprint density at radius 2 is 2.33 bits per heavy atom. The SMILES string of the molecule is O=S(=O)(NC1CCC2CC21)c1cnc2sccn12. The lowest BCUT2D eigenvalue weighted by Gasteiger charge is -2.13. The number of thiazole rings is 1. The third kappa shape index (κ3) is 1.54. The van der Waals surface area contributed by atoms with Crippen molar-refractivity contribution >= 4 is 26.3 Å². The average Bonchev–Trinajstić information content (AvgIpc) is 2.67. The number of nitrogens with zero attached hydrogens (tertiary/aromatic N) is 2. The fraction of sp³-hybridized carbons (Fsp3) is 0.545. The van der Waals surface area contributed by atoms with Crippen molar-refractivity contribution in [3.8, 4) is 0 Å². The molecule has 0 saturated heterocycles. The number of imidazole rings is 1. The van der Waals surface area contributed by atoms with Gasteiger partial charge in [0.25, 0.3) is 10.0 Å². The third-order valence-electron chi connectivity index (χ3n) is 4.04. The van der Waals surface area contributed by atoms with E-state index in [-0.39, 0.29) is 11.1 Å². The molecule has 18 heavy (non-hydrogen) atoms. The summed E-state index contributed by atoms with van der Waals surface area (Å²) in [5.74, 6) is 1.34. The highest BCUT2D eigenvalue weighted by Gasteiger charge is 2.49. The van der Waals surface area contributed by atoms with Crippen LogP contribution in [0.3, 0.4) is 0 Å². The van der Waals surface area contributed by atoms with Gasteiger partial charge >= 0.3 is 0 Å². The van der Waals surface area contributed by atoms with Gasteiger partial charge in [-0.2, -0.15) is 0 Å². The summed E-state index contributed by atoms with van der Waals surface area (Å²) in [6, 6.07) is 0.129. The summed E-state index contributed by atoms with van der Waals surface area (Å²) in [5.41, 5.74) is 0. The minimum Gasteiger partial charge on any atom is -0.280 e. The number of aromatic nitrogens is 2. The average molecular weight is 283 g/mol. The van der Waals surface area contributed by atoms with Crippen LogP contribution in [-0.4, -0.2) is 23.8 Å². The van der Waals surface area contributed by atoms with E-state index < -0.39 is 10.0 Å². The van der Waals surface area contributed by atoms with E-state index in [1.165, 1.54) is 24.0 Å². The van der Waals surface area contributed by atoms with Gasteiger partial charge in [0.15, 0.2) is 9.99 Å². The van der Waals surface area contributed by atoms with Gasteiger partial charge in [-0.3, -0.25) is 4.40 Å². The first kappa shape index (κ1) is 11.0. The maximum atomic E-state index is 12.4. The monoisotopic (exact) mass is 283 g/mol. The highest BCUT2D eigenvalue weighted by Crippen LogP contribution is 2.52. The van der Waals surface area contributed by atoms with Gasteiger partial charge in [-0.1, -0.05) is 0 Å². The molecular weight excluding hydrogens is 270 g/mol. The van der Waals surface area contributed by atoms with Crippen LogP contribution in [-0.2, 0) is 10.0 Å². The van der Waals surface area contributed by atoms with E-state index in [2.05, 4.69) is 9.71 Å². The van der Waals surface area contributed by atoms with E-state index in [9.17, 15) is 8.42 Å². The Hall–Kier alpha value is -0.920. The zero-order valence-corrected chi connectivity index (χ0v) is 11.2. The highest BCUT2D eigenvalue weighted by atomic mass is 32.2. The Balaban J connectivity index is 1.68. The molecule has 0 spiro atoms. The summed E-state index contributed by atoms with van der Waals surface area (Å²) in [6.07, 6.45) is 6.51. The van der Waals surface area contributed by atoms with Crippen molar-refractivity contribution in [3.05, 3.63) is 17.8 Å². The largest absolute Gasteiger partial charge is 0.280 e. The fourth-order valence-electron chi connectivity index (χ4n) is 3.01. The Morgan fingerprint density at radius 3 is 3.06 bits per heavy atom. The summed E-state index contributed by atoms with van der Waals surface area (Å²) in [6.45, 7) is 0. The molecule has 2 aromatic rings. The molecule has 1 N–H and O–H groups in total. The van der Waals surface area contributed by atoms with Crippen molar-refractivity contribution < 1.29 is 8.42 Å². The molecule has 0 amide bonds. The predicted octanol–water partition coefficient (Wildman–Crippen LogP) is 1.47. The molecular formula is C11H13N3O2S2. The first-order valence-electron chi connectivity index (χ1n) is 6.08. The summed E-state index contributed by atoms with van der Waals surface area (Å²) < 4.78 is 29.2. The normalized spacial score (nSPS) is 30.8. The maximum Gasteiger partial charge on any atom is 0.258 e.